The predicted molar refractivity (Wildman–Crippen MR) is 89.0 cm³/mol. The molecule has 5 heteroatoms. The third-order valence-electron chi connectivity index (χ3n) is 3.56. The van der Waals surface area contributed by atoms with Gasteiger partial charge < -0.3 is 18.9 Å². The van der Waals surface area contributed by atoms with Crippen molar-refractivity contribution in [2.75, 3.05) is 26.4 Å². The molecule has 0 N–H and O–H groups in total. The first-order chi connectivity index (χ1) is 11.7. The molecule has 1 heterocycles. The molecular weight excluding hydrogens is 308 g/mol. The summed E-state index contributed by atoms with van der Waals surface area (Å²) in [5.41, 5.74) is 1.56. The van der Waals surface area contributed by atoms with Crippen molar-refractivity contribution < 1.29 is 23.7 Å². The molecule has 1 aliphatic rings. The van der Waals surface area contributed by atoms with Gasteiger partial charge in [0.1, 0.15) is 19.0 Å². The summed E-state index contributed by atoms with van der Waals surface area (Å²) in [6.45, 7) is 3.68. The SMILES string of the molecule is Cc1cccc(OCCOC(=O)c2ccc3c(c2)OCCCO3)c1. The Labute approximate surface area is 141 Å². The molecular formula is C19H20O5. The van der Waals surface area contributed by atoms with E-state index in [2.05, 4.69) is 0 Å². The van der Waals surface area contributed by atoms with Gasteiger partial charge in [-0.05, 0) is 42.8 Å². The van der Waals surface area contributed by atoms with Crippen molar-refractivity contribution in [2.24, 2.45) is 0 Å². The lowest BCUT2D eigenvalue weighted by Crippen LogP contribution is -2.12. The lowest BCUT2D eigenvalue weighted by atomic mass is 10.2. The van der Waals surface area contributed by atoms with Gasteiger partial charge in [-0.1, -0.05) is 12.1 Å². The first-order valence-electron chi connectivity index (χ1n) is 7.98. The third-order valence-corrected chi connectivity index (χ3v) is 3.56. The van der Waals surface area contributed by atoms with E-state index in [-0.39, 0.29) is 6.61 Å². The molecule has 3 rings (SSSR count). The maximum absolute atomic E-state index is 12.1. The number of aryl methyl sites for hydroxylation is 1. The van der Waals surface area contributed by atoms with E-state index in [0.717, 1.165) is 17.7 Å². The van der Waals surface area contributed by atoms with Crippen LogP contribution in [0.4, 0.5) is 0 Å². The van der Waals surface area contributed by atoms with Gasteiger partial charge in [-0.2, -0.15) is 0 Å². The highest BCUT2D eigenvalue weighted by Crippen LogP contribution is 2.30. The quantitative estimate of drug-likeness (QED) is 0.622. The highest BCUT2D eigenvalue weighted by molar-refractivity contribution is 5.90. The van der Waals surface area contributed by atoms with E-state index < -0.39 is 5.97 Å². The van der Waals surface area contributed by atoms with Crippen LogP contribution in [-0.4, -0.2) is 32.4 Å². The van der Waals surface area contributed by atoms with Gasteiger partial charge >= 0.3 is 5.97 Å². The summed E-state index contributed by atoms with van der Waals surface area (Å²) in [5, 5.41) is 0. The van der Waals surface area contributed by atoms with Crippen molar-refractivity contribution in [3.63, 3.8) is 0 Å². The number of benzene rings is 2. The van der Waals surface area contributed by atoms with Crippen molar-refractivity contribution >= 4 is 5.97 Å². The average Bonchev–Trinajstić information content (AvgIpc) is 2.83. The number of ether oxygens (including phenoxy) is 4. The van der Waals surface area contributed by atoms with Crippen molar-refractivity contribution in [1.29, 1.82) is 0 Å². The number of carbonyl (C=O) groups is 1. The van der Waals surface area contributed by atoms with Crippen molar-refractivity contribution in [1.82, 2.24) is 0 Å². The maximum atomic E-state index is 12.1. The Bertz CT molecular complexity index is 711. The number of esters is 1. The number of hydrogen-bond donors (Lipinski definition) is 0. The summed E-state index contributed by atoms with van der Waals surface area (Å²) in [5.74, 6) is 1.60. The Morgan fingerprint density at radius 1 is 1.04 bits per heavy atom. The molecule has 0 saturated heterocycles. The van der Waals surface area contributed by atoms with E-state index in [1.807, 2.05) is 31.2 Å². The number of fused-ring (bicyclic) bond motifs is 1. The summed E-state index contributed by atoms with van der Waals surface area (Å²) in [7, 11) is 0. The monoisotopic (exact) mass is 328 g/mol. The minimum absolute atomic E-state index is 0.182. The van der Waals surface area contributed by atoms with Gasteiger partial charge in [0, 0.05) is 6.42 Å². The smallest absolute Gasteiger partial charge is 0.338 e. The van der Waals surface area contributed by atoms with Crippen LogP contribution in [0, 0.1) is 6.92 Å². The number of carbonyl (C=O) groups excluding carboxylic acids is 1. The summed E-state index contributed by atoms with van der Waals surface area (Å²) in [6.07, 6.45) is 0.824. The van der Waals surface area contributed by atoms with Gasteiger partial charge in [-0.3, -0.25) is 0 Å². The fourth-order valence-corrected chi connectivity index (χ4v) is 2.37. The second kappa shape index (κ2) is 7.73. The molecule has 0 amide bonds. The van der Waals surface area contributed by atoms with Gasteiger partial charge in [-0.15, -0.1) is 0 Å². The molecule has 5 nitrogen and oxygen atoms in total. The van der Waals surface area contributed by atoms with Gasteiger partial charge in [0.2, 0.25) is 0 Å². The maximum Gasteiger partial charge on any atom is 0.338 e. The number of hydrogen-bond acceptors (Lipinski definition) is 5. The Morgan fingerprint density at radius 3 is 2.71 bits per heavy atom. The standard InChI is InChI=1S/C19H20O5/c1-14-4-2-5-16(12-14)21-10-11-24-19(20)15-6-7-17-18(13-15)23-9-3-8-22-17/h2,4-7,12-13H,3,8-11H2,1H3. The zero-order valence-corrected chi connectivity index (χ0v) is 13.6. The fourth-order valence-electron chi connectivity index (χ4n) is 2.37. The minimum Gasteiger partial charge on any atom is -0.490 e. The van der Waals surface area contributed by atoms with Crippen LogP contribution < -0.4 is 14.2 Å². The van der Waals surface area contributed by atoms with E-state index in [9.17, 15) is 4.79 Å². The zero-order chi connectivity index (χ0) is 16.8. The molecule has 2 aromatic carbocycles. The second-order valence-corrected chi connectivity index (χ2v) is 5.51. The summed E-state index contributed by atoms with van der Waals surface area (Å²) in [4.78, 5) is 12.1. The fraction of sp³-hybridized carbons (Fsp3) is 0.316. The van der Waals surface area contributed by atoms with Crippen LogP contribution in [0.2, 0.25) is 0 Å². The molecule has 0 spiro atoms. The Morgan fingerprint density at radius 2 is 1.88 bits per heavy atom. The normalized spacial score (nSPS) is 13.0. The highest BCUT2D eigenvalue weighted by Gasteiger charge is 2.15. The first kappa shape index (κ1) is 16.2. The minimum atomic E-state index is -0.404. The topological polar surface area (TPSA) is 54.0 Å². The summed E-state index contributed by atoms with van der Waals surface area (Å²) >= 11 is 0. The number of rotatable bonds is 5. The Kier molecular flexibility index (Phi) is 5.21. The summed E-state index contributed by atoms with van der Waals surface area (Å²) < 4.78 is 21.9. The van der Waals surface area contributed by atoms with E-state index in [1.54, 1.807) is 18.2 Å². The van der Waals surface area contributed by atoms with Crippen LogP contribution in [0.1, 0.15) is 22.3 Å². The molecule has 0 aliphatic carbocycles. The van der Waals surface area contributed by atoms with Gasteiger partial charge in [-0.25, -0.2) is 4.79 Å². The van der Waals surface area contributed by atoms with Crippen LogP contribution in [-0.2, 0) is 4.74 Å². The Hall–Kier alpha value is -2.69. The molecule has 0 aromatic heterocycles. The lowest BCUT2D eigenvalue weighted by Gasteiger charge is -2.10. The average molecular weight is 328 g/mol. The van der Waals surface area contributed by atoms with Crippen LogP contribution in [0.3, 0.4) is 0 Å². The van der Waals surface area contributed by atoms with Crippen LogP contribution >= 0.6 is 0 Å². The van der Waals surface area contributed by atoms with Gasteiger partial charge in [0.25, 0.3) is 0 Å². The second-order valence-electron chi connectivity index (χ2n) is 5.51. The van der Waals surface area contributed by atoms with Crippen LogP contribution in [0.25, 0.3) is 0 Å². The van der Waals surface area contributed by atoms with Gasteiger partial charge in [0.05, 0.1) is 18.8 Å². The lowest BCUT2D eigenvalue weighted by molar-refractivity contribution is 0.0450. The first-order valence-corrected chi connectivity index (χ1v) is 7.98. The van der Waals surface area contributed by atoms with E-state index in [1.165, 1.54) is 0 Å². The third kappa shape index (κ3) is 4.19. The van der Waals surface area contributed by atoms with Gasteiger partial charge in [0.15, 0.2) is 11.5 Å². The van der Waals surface area contributed by atoms with Crippen molar-refractivity contribution in [3.05, 3.63) is 53.6 Å². The molecule has 0 fully saturated rings. The molecule has 0 saturated carbocycles. The molecule has 0 bridgehead atoms. The molecule has 0 atom stereocenters. The van der Waals surface area contributed by atoms with Crippen LogP contribution in [0.5, 0.6) is 17.2 Å². The largest absolute Gasteiger partial charge is 0.490 e. The van der Waals surface area contributed by atoms with E-state index in [4.69, 9.17) is 18.9 Å². The molecule has 2 aromatic rings. The summed E-state index contributed by atoms with van der Waals surface area (Å²) in [6, 6.07) is 12.8. The van der Waals surface area contributed by atoms with Crippen molar-refractivity contribution in [2.45, 2.75) is 13.3 Å². The highest BCUT2D eigenvalue weighted by atomic mass is 16.6. The Balaban J connectivity index is 1.51. The molecule has 0 unspecified atom stereocenters. The molecule has 0 radical (unpaired) electrons. The van der Waals surface area contributed by atoms with E-state index >= 15 is 0 Å². The zero-order valence-electron chi connectivity index (χ0n) is 13.6. The van der Waals surface area contributed by atoms with Crippen molar-refractivity contribution in [3.8, 4) is 17.2 Å². The molecule has 1 aliphatic heterocycles. The van der Waals surface area contributed by atoms with Crippen LogP contribution in [0.15, 0.2) is 42.5 Å². The molecule has 24 heavy (non-hydrogen) atoms. The van der Waals surface area contributed by atoms with E-state index in [0.29, 0.717) is 36.9 Å². The molecule has 126 valence electrons. The predicted octanol–water partition coefficient (Wildman–Crippen LogP) is 3.39.